The van der Waals surface area contributed by atoms with E-state index in [1.54, 1.807) is 0 Å². The van der Waals surface area contributed by atoms with Crippen LogP contribution >= 0.6 is 0 Å². The van der Waals surface area contributed by atoms with E-state index in [1.165, 1.54) is 0 Å². The predicted molar refractivity (Wildman–Crippen MR) is 61.6 cm³/mol. The fourth-order valence-electron chi connectivity index (χ4n) is 2.21. The van der Waals surface area contributed by atoms with Gasteiger partial charge in [-0.3, -0.25) is 14.7 Å². The molecule has 1 amide bonds. The molecule has 2 atom stereocenters. The standard InChI is InChI=1S/C10H15N5O3/c11-10-13-7(14-15-10)8(16)12-6-4-2-1-3-5(6)9(17)18/h5-6H,1-4H2,(H,12,16)(H,17,18)(H3,11,13,14,15). The Morgan fingerprint density at radius 2 is 2.11 bits per heavy atom. The van der Waals surface area contributed by atoms with Gasteiger partial charge in [0.25, 0.3) is 5.91 Å². The molecule has 18 heavy (non-hydrogen) atoms. The number of nitrogens with two attached hydrogens (primary N) is 1. The molecule has 8 nitrogen and oxygen atoms in total. The zero-order valence-corrected chi connectivity index (χ0v) is 9.72. The molecule has 1 aromatic rings. The van der Waals surface area contributed by atoms with E-state index >= 15 is 0 Å². The van der Waals surface area contributed by atoms with Crippen molar-refractivity contribution in [3.05, 3.63) is 5.82 Å². The summed E-state index contributed by atoms with van der Waals surface area (Å²) >= 11 is 0. The van der Waals surface area contributed by atoms with Crippen LogP contribution in [0.4, 0.5) is 5.95 Å². The van der Waals surface area contributed by atoms with Gasteiger partial charge in [-0.1, -0.05) is 12.8 Å². The highest BCUT2D eigenvalue weighted by molar-refractivity contribution is 5.91. The van der Waals surface area contributed by atoms with E-state index in [2.05, 4.69) is 20.5 Å². The highest BCUT2D eigenvalue weighted by Crippen LogP contribution is 2.24. The topological polar surface area (TPSA) is 134 Å². The maximum absolute atomic E-state index is 11.8. The number of carbonyl (C=O) groups excluding carboxylic acids is 1. The van der Waals surface area contributed by atoms with Crippen LogP contribution in [0, 0.1) is 5.92 Å². The zero-order chi connectivity index (χ0) is 13.1. The molecular formula is C10H15N5O3. The Hall–Kier alpha value is -2.12. The fourth-order valence-corrected chi connectivity index (χ4v) is 2.21. The van der Waals surface area contributed by atoms with Crippen LogP contribution in [-0.2, 0) is 4.79 Å². The van der Waals surface area contributed by atoms with E-state index in [0.717, 1.165) is 12.8 Å². The average Bonchev–Trinajstić information content (AvgIpc) is 2.76. The van der Waals surface area contributed by atoms with Gasteiger partial charge in [-0.05, 0) is 12.8 Å². The van der Waals surface area contributed by atoms with Crippen LogP contribution in [0.15, 0.2) is 0 Å². The first kappa shape index (κ1) is 12.3. The number of amides is 1. The van der Waals surface area contributed by atoms with Crippen LogP contribution in [0.1, 0.15) is 36.3 Å². The quantitative estimate of drug-likeness (QED) is 0.587. The maximum atomic E-state index is 11.8. The van der Waals surface area contributed by atoms with Crippen LogP contribution in [-0.4, -0.2) is 38.2 Å². The minimum absolute atomic E-state index is 0.00205. The Labute approximate surface area is 103 Å². The smallest absolute Gasteiger partial charge is 0.308 e. The van der Waals surface area contributed by atoms with Crippen LogP contribution in [0.3, 0.4) is 0 Å². The lowest BCUT2D eigenvalue weighted by Crippen LogP contribution is -2.45. The predicted octanol–water partition coefficient (Wildman–Crippen LogP) is -0.240. The van der Waals surface area contributed by atoms with Crippen LogP contribution in [0.2, 0.25) is 0 Å². The van der Waals surface area contributed by atoms with Gasteiger partial charge in [0.2, 0.25) is 11.8 Å². The average molecular weight is 253 g/mol. The molecule has 1 heterocycles. The van der Waals surface area contributed by atoms with E-state index in [-0.39, 0.29) is 17.8 Å². The molecule has 8 heteroatoms. The van der Waals surface area contributed by atoms with Gasteiger partial charge in [0.05, 0.1) is 5.92 Å². The number of nitrogen functional groups attached to an aromatic ring is 1. The molecule has 0 radical (unpaired) electrons. The lowest BCUT2D eigenvalue weighted by atomic mass is 9.84. The van der Waals surface area contributed by atoms with Gasteiger partial charge in [0.1, 0.15) is 0 Å². The molecule has 1 aliphatic rings. The largest absolute Gasteiger partial charge is 0.481 e. The van der Waals surface area contributed by atoms with E-state index in [9.17, 15) is 9.59 Å². The van der Waals surface area contributed by atoms with Crippen molar-refractivity contribution in [2.75, 3.05) is 5.73 Å². The van der Waals surface area contributed by atoms with Crippen LogP contribution in [0.5, 0.6) is 0 Å². The number of carboxylic acids is 1. The third-order valence-corrected chi connectivity index (χ3v) is 3.12. The summed E-state index contributed by atoms with van der Waals surface area (Å²) in [6, 6.07) is -0.366. The Morgan fingerprint density at radius 3 is 2.72 bits per heavy atom. The second kappa shape index (κ2) is 5.03. The van der Waals surface area contributed by atoms with E-state index in [1.807, 2.05) is 0 Å². The molecule has 0 saturated heterocycles. The first-order valence-electron chi connectivity index (χ1n) is 5.79. The summed E-state index contributed by atoms with van der Waals surface area (Å²) < 4.78 is 0. The molecule has 0 spiro atoms. The number of carbonyl (C=O) groups is 2. The monoisotopic (exact) mass is 253 g/mol. The molecule has 1 saturated carbocycles. The molecule has 0 aliphatic heterocycles. The maximum Gasteiger partial charge on any atom is 0.308 e. The number of hydrogen-bond donors (Lipinski definition) is 4. The van der Waals surface area contributed by atoms with E-state index in [0.29, 0.717) is 12.8 Å². The summed E-state index contributed by atoms with van der Waals surface area (Å²) in [5.74, 6) is -1.90. The van der Waals surface area contributed by atoms with Crippen molar-refractivity contribution in [1.82, 2.24) is 20.5 Å². The molecule has 2 unspecified atom stereocenters. The van der Waals surface area contributed by atoms with Crippen LogP contribution < -0.4 is 11.1 Å². The van der Waals surface area contributed by atoms with Crippen molar-refractivity contribution in [2.24, 2.45) is 5.92 Å². The Bertz CT molecular complexity index is 458. The molecule has 98 valence electrons. The van der Waals surface area contributed by atoms with E-state index < -0.39 is 17.8 Å². The number of nitrogens with zero attached hydrogens (tertiary/aromatic N) is 2. The highest BCUT2D eigenvalue weighted by Gasteiger charge is 2.32. The molecule has 1 aliphatic carbocycles. The molecule has 1 fully saturated rings. The molecular weight excluding hydrogens is 238 g/mol. The molecule has 2 rings (SSSR count). The summed E-state index contributed by atoms with van der Waals surface area (Å²) in [7, 11) is 0. The van der Waals surface area contributed by atoms with Gasteiger partial charge < -0.3 is 16.2 Å². The van der Waals surface area contributed by atoms with Gasteiger partial charge in [0, 0.05) is 6.04 Å². The molecule has 1 aromatic heterocycles. The number of carboxylic acid groups (broad SMARTS) is 1. The van der Waals surface area contributed by atoms with Gasteiger partial charge >= 0.3 is 5.97 Å². The van der Waals surface area contributed by atoms with Gasteiger partial charge in [-0.2, -0.15) is 4.98 Å². The Kier molecular flexibility index (Phi) is 3.45. The highest BCUT2D eigenvalue weighted by atomic mass is 16.4. The van der Waals surface area contributed by atoms with Crippen molar-refractivity contribution < 1.29 is 14.7 Å². The van der Waals surface area contributed by atoms with E-state index in [4.69, 9.17) is 10.8 Å². The van der Waals surface area contributed by atoms with Crippen molar-refractivity contribution in [2.45, 2.75) is 31.7 Å². The number of aliphatic carboxylic acids is 1. The lowest BCUT2D eigenvalue weighted by Gasteiger charge is -2.28. The number of nitrogens with one attached hydrogen (secondary N) is 2. The van der Waals surface area contributed by atoms with Crippen LogP contribution in [0.25, 0.3) is 0 Å². The van der Waals surface area contributed by atoms with Gasteiger partial charge in [0.15, 0.2) is 0 Å². The number of H-pyrrole nitrogens is 1. The van der Waals surface area contributed by atoms with Crippen molar-refractivity contribution >= 4 is 17.8 Å². The zero-order valence-electron chi connectivity index (χ0n) is 9.72. The first-order chi connectivity index (χ1) is 8.58. The third-order valence-electron chi connectivity index (χ3n) is 3.12. The second-order valence-electron chi connectivity index (χ2n) is 4.35. The third kappa shape index (κ3) is 2.58. The summed E-state index contributed by atoms with van der Waals surface area (Å²) in [4.78, 5) is 26.6. The van der Waals surface area contributed by atoms with Gasteiger partial charge in [-0.15, -0.1) is 5.10 Å². The Balaban J connectivity index is 2.03. The molecule has 5 N–H and O–H groups in total. The summed E-state index contributed by atoms with van der Waals surface area (Å²) in [6.07, 6.45) is 3.02. The molecule has 0 bridgehead atoms. The minimum atomic E-state index is -0.878. The number of aromatic amines is 1. The number of aromatic nitrogens is 3. The normalized spacial score (nSPS) is 23.6. The fraction of sp³-hybridized carbons (Fsp3) is 0.600. The van der Waals surface area contributed by atoms with Crippen molar-refractivity contribution in [3.8, 4) is 0 Å². The Morgan fingerprint density at radius 1 is 1.39 bits per heavy atom. The lowest BCUT2D eigenvalue weighted by molar-refractivity contribution is -0.143. The first-order valence-corrected chi connectivity index (χ1v) is 5.79. The summed E-state index contributed by atoms with van der Waals surface area (Å²) in [6.45, 7) is 0. The van der Waals surface area contributed by atoms with Gasteiger partial charge in [-0.25, -0.2) is 0 Å². The summed E-state index contributed by atoms with van der Waals surface area (Å²) in [5, 5.41) is 17.7. The number of rotatable bonds is 3. The second-order valence-corrected chi connectivity index (χ2v) is 4.35. The number of anilines is 1. The van der Waals surface area contributed by atoms with Crippen molar-refractivity contribution in [1.29, 1.82) is 0 Å². The SMILES string of the molecule is Nc1n[nH]c(C(=O)NC2CCCCC2C(=O)O)n1. The number of hydrogen-bond acceptors (Lipinski definition) is 5. The summed E-state index contributed by atoms with van der Waals surface area (Å²) in [5.41, 5.74) is 5.30. The van der Waals surface area contributed by atoms with Crippen molar-refractivity contribution in [3.63, 3.8) is 0 Å². The molecule has 0 aromatic carbocycles. The minimum Gasteiger partial charge on any atom is -0.481 e.